The molecule has 124 valence electrons. The summed E-state index contributed by atoms with van der Waals surface area (Å²) in [4.78, 5) is 33.1. The molecule has 3 nitrogen and oxygen atoms in total. The largest absolute Gasteiger partial charge is 0.299 e. The summed E-state index contributed by atoms with van der Waals surface area (Å²) < 4.78 is 0. The Balaban J connectivity index is 0. The van der Waals surface area contributed by atoms with Crippen LogP contribution in [0.4, 0.5) is 0 Å². The molecule has 0 spiro atoms. The minimum Gasteiger partial charge on any atom is -0.299 e. The average molecular weight is 335 g/mol. The normalized spacial score (nSPS) is 13.7. The van der Waals surface area contributed by atoms with E-state index in [9.17, 15) is 14.4 Å². The van der Waals surface area contributed by atoms with Crippen LogP contribution in [0.2, 0.25) is 0 Å². The van der Waals surface area contributed by atoms with Crippen LogP contribution in [-0.2, 0) is 14.4 Å². The fraction of sp³-hybridized carbons (Fsp3) is 0.812. The fourth-order valence-corrected chi connectivity index (χ4v) is 2.38. The zero-order valence-corrected chi connectivity index (χ0v) is 16.2. The van der Waals surface area contributed by atoms with Gasteiger partial charge in [-0.1, -0.05) is 53.3 Å². The standard InChI is InChI=1S/C10H18O2S.C6H12OS/c1-6(2)9(8(5)11)13-10(12)7(3)4;1-4(2)6(8)5(3)7/h6-7,9H,1-5H3;4,6,8H,1-3H3. The highest BCUT2D eigenvalue weighted by Gasteiger charge is 2.23. The summed E-state index contributed by atoms with van der Waals surface area (Å²) in [6, 6.07) is 0. The SMILES string of the molecule is CC(=O)C(S)C(C)C.CC(=O)C(SC(=O)C(C)C)C(C)C. The summed E-state index contributed by atoms with van der Waals surface area (Å²) >= 11 is 5.25. The Bertz CT molecular complexity index is 349. The summed E-state index contributed by atoms with van der Waals surface area (Å²) in [7, 11) is 0. The van der Waals surface area contributed by atoms with E-state index in [4.69, 9.17) is 0 Å². The van der Waals surface area contributed by atoms with Crippen molar-refractivity contribution >= 4 is 41.1 Å². The number of Topliss-reactive ketones (excluding diaryl/α,β-unsaturated/α-hetero) is 2. The van der Waals surface area contributed by atoms with Gasteiger partial charge in [-0.15, -0.1) is 0 Å². The molecule has 0 radical (unpaired) electrons. The summed E-state index contributed by atoms with van der Waals surface area (Å²) in [6.07, 6.45) is 0. The molecule has 0 aromatic heterocycles. The number of ketones is 2. The third-order valence-electron chi connectivity index (χ3n) is 2.77. The summed E-state index contributed by atoms with van der Waals surface area (Å²) in [5.41, 5.74) is 0. The Labute approximate surface area is 139 Å². The molecule has 0 rings (SSSR count). The van der Waals surface area contributed by atoms with E-state index >= 15 is 0 Å². The molecule has 0 amide bonds. The van der Waals surface area contributed by atoms with Gasteiger partial charge in [0.05, 0.1) is 10.5 Å². The van der Waals surface area contributed by atoms with Gasteiger partial charge in [-0.25, -0.2) is 0 Å². The zero-order valence-electron chi connectivity index (χ0n) is 14.5. The van der Waals surface area contributed by atoms with E-state index in [1.807, 2.05) is 41.5 Å². The van der Waals surface area contributed by atoms with E-state index in [2.05, 4.69) is 12.6 Å². The molecule has 0 fully saturated rings. The Morgan fingerprint density at radius 2 is 1.24 bits per heavy atom. The predicted molar refractivity (Wildman–Crippen MR) is 95.0 cm³/mol. The number of thioether (sulfide) groups is 1. The first-order valence-corrected chi connectivity index (χ1v) is 8.70. The fourth-order valence-electron chi connectivity index (χ4n) is 1.42. The van der Waals surface area contributed by atoms with E-state index in [-0.39, 0.29) is 39.0 Å². The van der Waals surface area contributed by atoms with Crippen LogP contribution in [-0.4, -0.2) is 27.2 Å². The van der Waals surface area contributed by atoms with Crippen LogP contribution in [0.3, 0.4) is 0 Å². The van der Waals surface area contributed by atoms with E-state index in [1.54, 1.807) is 13.8 Å². The molecule has 0 N–H and O–H groups in total. The van der Waals surface area contributed by atoms with Gasteiger partial charge in [0, 0.05) is 5.92 Å². The topological polar surface area (TPSA) is 51.2 Å². The van der Waals surface area contributed by atoms with Crippen LogP contribution in [0, 0.1) is 17.8 Å². The van der Waals surface area contributed by atoms with Crippen LogP contribution in [0.15, 0.2) is 0 Å². The second-order valence-electron chi connectivity index (χ2n) is 6.17. The highest BCUT2D eigenvalue weighted by atomic mass is 32.2. The third kappa shape index (κ3) is 11.0. The minimum atomic E-state index is -0.171. The lowest BCUT2D eigenvalue weighted by Crippen LogP contribution is -2.23. The maximum atomic E-state index is 11.4. The summed E-state index contributed by atoms with van der Waals surface area (Å²) in [5.74, 6) is 0.837. The Kier molecular flexibility index (Phi) is 12.4. The first-order chi connectivity index (χ1) is 9.41. The van der Waals surface area contributed by atoms with Crippen molar-refractivity contribution in [1.29, 1.82) is 0 Å². The first-order valence-electron chi connectivity index (χ1n) is 7.31. The zero-order chi connectivity index (χ0) is 17.3. The van der Waals surface area contributed by atoms with Gasteiger partial charge in [0.25, 0.3) is 0 Å². The molecule has 0 aromatic rings. The van der Waals surface area contributed by atoms with Gasteiger partial charge in [-0.2, -0.15) is 12.6 Å². The Hall–Kier alpha value is -0.290. The molecule has 2 unspecified atom stereocenters. The lowest BCUT2D eigenvalue weighted by molar-refractivity contribution is -0.118. The predicted octanol–water partition coefficient (Wildman–Crippen LogP) is 4.05. The van der Waals surface area contributed by atoms with Gasteiger partial charge in [0.15, 0.2) is 5.12 Å². The van der Waals surface area contributed by atoms with Crippen molar-refractivity contribution in [3.05, 3.63) is 0 Å². The van der Waals surface area contributed by atoms with Crippen molar-refractivity contribution in [3.63, 3.8) is 0 Å². The Morgan fingerprint density at radius 1 is 0.810 bits per heavy atom. The second kappa shape index (κ2) is 11.3. The van der Waals surface area contributed by atoms with Crippen LogP contribution in [0.5, 0.6) is 0 Å². The molecule has 0 aliphatic heterocycles. The van der Waals surface area contributed by atoms with Gasteiger partial charge in [0.2, 0.25) is 0 Å². The van der Waals surface area contributed by atoms with Crippen molar-refractivity contribution in [3.8, 4) is 0 Å². The van der Waals surface area contributed by atoms with Gasteiger partial charge >= 0.3 is 0 Å². The number of hydrogen-bond acceptors (Lipinski definition) is 5. The van der Waals surface area contributed by atoms with Crippen molar-refractivity contribution in [1.82, 2.24) is 0 Å². The molecule has 0 saturated heterocycles. The monoisotopic (exact) mass is 334 g/mol. The molecule has 0 heterocycles. The highest BCUT2D eigenvalue weighted by molar-refractivity contribution is 8.14. The summed E-state index contributed by atoms with van der Waals surface area (Å²) in [5, 5.41) is -0.140. The van der Waals surface area contributed by atoms with Crippen LogP contribution in [0.1, 0.15) is 55.4 Å². The molecule has 0 bridgehead atoms. The molecule has 0 aliphatic carbocycles. The van der Waals surface area contributed by atoms with Gasteiger partial charge in [0.1, 0.15) is 11.6 Å². The molecule has 0 saturated carbocycles. The molecule has 2 atom stereocenters. The average Bonchev–Trinajstić information content (AvgIpc) is 2.33. The van der Waals surface area contributed by atoms with Crippen molar-refractivity contribution in [2.45, 2.75) is 65.9 Å². The van der Waals surface area contributed by atoms with Crippen LogP contribution >= 0.6 is 24.4 Å². The lowest BCUT2D eigenvalue weighted by atomic mass is 10.1. The van der Waals surface area contributed by atoms with Crippen molar-refractivity contribution in [2.24, 2.45) is 17.8 Å². The molecule has 21 heavy (non-hydrogen) atoms. The maximum Gasteiger partial charge on any atom is 0.192 e. The minimum absolute atomic E-state index is 0.00519. The molecule has 0 aliphatic rings. The van der Waals surface area contributed by atoms with E-state index < -0.39 is 0 Å². The number of rotatable bonds is 6. The van der Waals surface area contributed by atoms with Crippen molar-refractivity contribution in [2.75, 3.05) is 0 Å². The number of hydrogen-bond donors (Lipinski definition) is 1. The summed E-state index contributed by atoms with van der Waals surface area (Å²) in [6.45, 7) is 14.7. The van der Waals surface area contributed by atoms with Gasteiger partial charge < -0.3 is 0 Å². The Morgan fingerprint density at radius 3 is 1.38 bits per heavy atom. The maximum absolute atomic E-state index is 11.4. The highest BCUT2D eigenvalue weighted by Crippen LogP contribution is 2.23. The first kappa shape index (κ1) is 23.0. The number of carbonyl (C=O) groups is 3. The quantitative estimate of drug-likeness (QED) is 0.745. The van der Waals surface area contributed by atoms with Crippen LogP contribution < -0.4 is 0 Å². The molecular weight excluding hydrogens is 304 g/mol. The smallest absolute Gasteiger partial charge is 0.192 e. The van der Waals surface area contributed by atoms with Crippen molar-refractivity contribution < 1.29 is 14.4 Å². The third-order valence-corrected chi connectivity index (χ3v) is 5.56. The lowest BCUT2D eigenvalue weighted by Gasteiger charge is -2.16. The van der Waals surface area contributed by atoms with Gasteiger partial charge in [-0.05, 0) is 25.7 Å². The molecular formula is C16H30O3S2. The second-order valence-corrected chi connectivity index (χ2v) is 7.87. The number of carbonyl (C=O) groups excluding carboxylic acids is 3. The van der Waals surface area contributed by atoms with Crippen LogP contribution in [0.25, 0.3) is 0 Å². The molecule has 0 aromatic carbocycles. The van der Waals surface area contributed by atoms with Gasteiger partial charge in [-0.3, -0.25) is 14.4 Å². The van der Waals surface area contributed by atoms with E-state index in [0.29, 0.717) is 5.92 Å². The van der Waals surface area contributed by atoms with E-state index in [0.717, 1.165) is 0 Å². The van der Waals surface area contributed by atoms with E-state index in [1.165, 1.54) is 11.8 Å². The number of thiol groups is 1. The molecule has 5 heteroatoms.